The summed E-state index contributed by atoms with van der Waals surface area (Å²) in [6.45, 7) is 1.43. The van der Waals surface area contributed by atoms with Crippen LogP contribution in [0.2, 0.25) is 0 Å². The van der Waals surface area contributed by atoms with Gasteiger partial charge in [0.05, 0.1) is 24.5 Å². The number of aromatic nitrogens is 3. The number of benzene rings is 1. The third-order valence-corrected chi connectivity index (χ3v) is 3.88. The van der Waals surface area contributed by atoms with Crippen molar-refractivity contribution >= 4 is 5.91 Å². The summed E-state index contributed by atoms with van der Waals surface area (Å²) < 4.78 is 5.14. The number of nitrogens with zero attached hydrogens (tertiary/aromatic N) is 3. The van der Waals surface area contributed by atoms with Crippen LogP contribution in [-0.2, 0) is 11.3 Å². The van der Waals surface area contributed by atoms with Crippen LogP contribution in [0.4, 0.5) is 0 Å². The molecule has 2 heterocycles. The van der Waals surface area contributed by atoms with Crippen molar-refractivity contribution in [2.45, 2.75) is 6.54 Å². The summed E-state index contributed by atoms with van der Waals surface area (Å²) in [5.41, 5.74) is 3.39. The number of carbonyl (C=O) groups excluding carboxylic acids is 1. The van der Waals surface area contributed by atoms with E-state index in [-0.39, 0.29) is 5.91 Å². The molecule has 0 unspecified atom stereocenters. The lowest BCUT2D eigenvalue weighted by atomic mass is 10.1. The molecule has 0 atom stereocenters. The third kappa shape index (κ3) is 4.30. The summed E-state index contributed by atoms with van der Waals surface area (Å²) in [5.74, 6) is -0.0427. The standard InChI is InChI=1S/C19H20N4O2/c1-25-13-12-23(14-17-4-2-3-10-20-17)19(24)16-7-5-15(6-8-16)18-9-11-21-22-18/h2-11H,12-14H2,1H3,(H,21,22). The average molecular weight is 336 g/mol. The molecule has 0 aliphatic heterocycles. The van der Waals surface area contributed by atoms with E-state index in [1.165, 1.54) is 0 Å². The fourth-order valence-corrected chi connectivity index (χ4v) is 2.53. The van der Waals surface area contributed by atoms with E-state index in [9.17, 15) is 4.79 Å². The molecule has 1 N–H and O–H groups in total. The molecule has 0 aliphatic rings. The van der Waals surface area contributed by atoms with Gasteiger partial charge in [0.2, 0.25) is 0 Å². The summed E-state index contributed by atoms with van der Waals surface area (Å²) in [6.07, 6.45) is 3.43. The topological polar surface area (TPSA) is 71.1 Å². The molecule has 0 spiro atoms. The van der Waals surface area contributed by atoms with Crippen LogP contribution in [0.15, 0.2) is 60.9 Å². The Morgan fingerprint density at radius 3 is 2.60 bits per heavy atom. The van der Waals surface area contributed by atoms with Gasteiger partial charge >= 0.3 is 0 Å². The third-order valence-electron chi connectivity index (χ3n) is 3.88. The maximum Gasteiger partial charge on any atom is 0.254 e. The number of pyridine rings is 1. The number of H-pyrrole nitrogens is 1. The minimum absolute atomic E-state index is 0.0427. The molecular weight excluding hydrogens is 316 g/mol. The van der Waals surface area contributed by atoms with E-state index in [0.717, 1.165) is 17.0 Å². The van der Waals surface area contributed by atoms with Crippen molar-refractivity contribution < 1.29 is 9.53 Å². The Balaban J connectivity index is 1.76. The van der Waals surface area contributed by atoms with Gasteiger partial charge in [0.15, 0.2) is 0 Å². The summed E-state index contributed by atoms with van der Waals surface area (Å²) in [6, 6.07) is 15.1. The molecule has 6 nitrogen and oxygen atoms in total. The minimum Gasteiger partial charge on any atom is -0.383 e. The molecule has 1 aromatic carbocycles. The fraction of sp³-hybridized carbons (Fsp3) is 0.211. The monoisotopic (exact) mass is 336 g/mol. The van der Waals surface area contributed by atoms with E-state index < -0.39 is 0 Å². The van der Waals surface area contributed by atoms with Crippen LogP contribution in [0.25, 0.3) is 11.3 Å². The van der Waals surface area contributed by atoms with Crippen LogP contribution in [-0.4, -0.2) is 46.2 Å². The number of methoxy groups -OCH3 is 1. The van der Waals surface area contributed by atoms with Crippen LogP contribution in [0, 0.1) is 0 Å². The van der Waals surface area contributed by atoms with Crippen LogP contribution < -0.4 is 0 Å². The normalized spacial score (nSPS) is 10.6. The van der Waals surface area contributed by atoms with Crippen molar-refractivity contribution in [3.63, 3.8) is 0 Å². The molecule has 25 heavy (non-hydrogen) atoms. The smallest absolute Gasteiger partial charge is 0.254 e. The molecule has 6 heteroatoms. The van der Waals surface area contributed by atoms with E-state index in [1.807, 2.05) is 48.5 Å². The largest absolute Gasteiger partial charge is 0.383 e. The Labute approximate surface area is 146 Å². The second kappa shape index (κ2) is 8.21. The lowest BCUT2D eigenvalue weighted by Crippen LogP contribution is -2.33. The Bertz CT molecular complexity index is 786. The fourth-order valence-electron chi connectivity index (χ4n) is 2.53. The Kier molecular flexibility index (Phi) is 5.53. The van der Waals surface area contributed by atoms with Gasteiger partial charge in [-0.3, -0.25) is 14.9 Å². The van der Waals surface area contributed by atoms with Crippen molar-refractivity contribution in [1.29, 1.82) is 0 Å². The van der Waals surface area contributed by atoms with Gasteiger partial charge in [0.25, 0.3) is 5.91 Å². The quantitative estimate of drug-likeness (QED) is 0.720. The summed E-state index contributed by atoms with van der Waals surface area (Å²) in [7, 11) is 1.63. The number of hydrogen-bond acceptors (Lipinski definition) is 4. The Morgan fingerprint density at radius 2 is 1.96 bits per heavy atom. The number of ether oxygens (including phenoxy) is 1. The first-order valence-electron chi connectivity index (χ1n) is 8.06. The van der Waals surface area contributed by atoms with Crippen molar-refractivity contribution in [3.8, 4) is 11.3 Å². The van der Waals surface area contributed by atoms with Crippen molar-refractivity contribution in [3.05, 3.63) is 72.2 Å². The number of rotatable bonds is 7. The van der Waals surface area contributed by atoms with Gasteiger partial charge < -0.3 is 9.64 Å². The first-order chi connectivity index (χ1) is 12.3. The van der Waals surface area contributed by atoms with E-state index in [0.29, 0.717) is 25.3 Å². The lowest BCUT2D eigenvalue weighted by molar-refractivity contribution is 0.0678. The Hall–Kier alpha value is -2.99. The summed E-state index contributed by atoms with van der Waals surface area (Å²) in [5, 5.41) is 6.86. The van der Waals surface area contributed by atoms with Gasteiger partial charge in [-0.2, -0.15) is 5.10 Å². The number of nitrogens with one attached hydrogen (secondary N) is 1. The zero-order valence-corrected chi connectivity index (χ0v) is 14.1. The number of hydrogen-bond donors (Lipinski definition) is 1. The predicted octanol–water partition coefficient (Wildman–Crippen LogP) is 2.76. The van der Waals surface area contributed by atoms with E-state index in [4.69, 9.17) is 4.74 Å². The molecule has 1 amide bonds. The highest BCUT2D eigenvalue weighted by atomic mass is 16.5. The van der Waals surface area contributed by atoms with Gasteiger partial charge in [-0.15, -0.1) is 0 Å². The van der Waals surface area contributed by atoms with Crippen LogP contribution in [0.1, 0.15) is 16.1 Å². The molecule has 3 rings (SSSR count). The SMILES string of the molecule is COCCN(Cc1ccccn1)C(=O)c1ccc(-c2ccn[nH]2)cc1. The molecule has 0 saturated carbocycles. The maximum absolute atomic E-state index is 12.9. The lowest BCUT2D eigenvalue weighted by Gasteiger charge is -2.22. The highest BCUT2D eigenvalue weighted by Crippen LogP contribution is 2.18. The van der Waals surface area contributed by atoms with Crippen molar-refractivity contribution in [2.75, 3.05) is 20.3 Å². The second-order valence-electron chi connectivity index (χ2n) is 5.59. The van der Waals surface area contributed by atoms with Crippen LogP contribution >= 0.6 is 0 Å². The van der Waals surface area contributed by atoms with Crippen molar-refractivity contribution in [2.24, 2.45) is 0 Å². The maximum atomic E-state index is 12.9. The highest BCUT2D eigenvalue weighted by Gasteiger charge is 2.16. The zero-order valence-electron chi connectivity index (χ0n) is 14.1. The van der Waals surface area contributed by atoms with E-state index in [2.05, 4.69) is 15.2 Å². The average Bonchev–Trinajstić information content (AvgIpc) is 3.20. The predicted molar refractivity (Wildman–Crippen MR) is 94.9 cm³/mol. The molecule has 3 aromatic rings. The van der Waals surface area contributed by atoms with E-state index in [1.54, 1.807) is 24.4 Å². The van der Waals surface area contributed by atoms with Gasteiger partial charge in [-0.1, -0.05) is 18.2 Å². The molecule has 0 bridgehead atoms. The molecule has 2 aromatic heterocycles. The van der Waals surface area contributed by atoms with Crippen LogP contribution in [0.5, 0.6) is 0 Å². The minimum atomic E-state index is -0.0427. The zero-order chi connectivity index (χ0) is 17.5. The molecule has 128 valence electrons. The highest BCUT2D eigenvalue weighted by molar-refractivity contribution is 5.94. The van der Waals surface area contributed by atoms with Gasteiger partial charge in [-0.25, -0.2) is 0 Å². The van der Waals surface area contributed by atoms with Gasteiger partial charge in [0.1, 0.15) is 0 Å². The molecule has 0 radical (unpaired) electrons. The first-order valence-corrected chi connectivity index (χ1v) is 8.06. The number of amides is 1. The molecular formula is C19H20N4O2. The summed E-state index contributed by atoms with van der Waals surface area (Å²) in [4.78, 5) is 18.9. The van der Waals surface area contributed by atoms with E-state index >= 15 is 0 Å². The molecule has 0 aliphatic carbocycles. The number of aromatic amines is 1. The first kappa shape index (κ1) is 16.9. The molecule has 0 fully saturated rings. The van der Waals surface area contributed by atoms with Crippen LogP contribution in [0.3, 0.4) is 0 Å². The Morgan fingerprint density at radius 1 is 1.12 bits per heavy atom. The molecule has 0 saturated heterocycles. The van der Waals surface area contributed by atoms with Crippen molar-refractivity contribution in [1.82, 2.24) is 20.1 Å². The van der Waals surface area contributed by atoms with Gasteiger partial charge in [-0.05, 0) is 35.9 Å². The summed E-state index contributed by atoms with van der Waals surface area (Å²) >= 11 is 0. The second-order valence-corrected chi connectivity index (χ2v) is 5.59. The van der Waals surface area contributed by atoms with Gasteiger partial charge in [0, 0.05) is 31.6 Å². The number of carbonyl (C=O) groups is 1.